The van der Waals surface area contributed by atoms with Crippen LogP contribution in [-0.4, -0.2) is 35.9 Å². The summed E-state index contributed by atoms with van der Waals surface area (Å²) >= 11 is 0. The van der Waals surface area contributed by atoms with Crippen LogP contribution in [0, 0.1) is 0 Å². The number of carbonyl (C=O) groups is 3. The predicted molar refractivity (Wildman–Crippen MR) is 94.3 cm³/mol. The molecule has 0 saturated carbocycles. The molecular weight excluding hydrogens is 312 g/mol. The topological polar surface area (TPSA) is 171 Å². The molecule has 1 atom stereocenters. The van der Waals surface area contributed by atoms with Crippen molar-refractivity contribution >= 4 is 23.9 Å². The number of nitrogens with one attached hydrogen (secondary N) is 1. The van der Waals surface area contributed by atoms with Crippen LogP contribution in [0.3, 0.4) is 0 Å². The van der Waals surface area contributed by atoms with Crippen molar-refractivity contribution in [2.45, 2.75) is 38.6 Å². The van der Waals surface area contributed by atoms with Gasteiger partial charge in [-0.2, -0.15) is 0 Å². The first-order valence-corrected chi connectivity index (χ1v) is 7.48. The minimum atomic E-state index is -0.955. The van der Waals surface area contributed by atoms with E-state index in [0.717, 1.165) is 18.4 Å². The molecule has 0 spiro atoms. The number of carbonyl (C=O) groups excluding carboxylic acids is 2. The monoisotopic (exact) mass is 340 g/mol. The highest BCUT2D eigenvalue weighted by atomic mass is 16.4. The second kappa shape index (κ2) is 14.3. The standard InChI is InChI=1S/C11H13NO2.C5H12N2O2.H3N/c1-2-3-11(14)12-10-6-4-9(8-13)5-7-10;6-3-1-2-4(7)5(8)9;/h4-8H,2-3H2,1H3,(H,12,14);4H,1-3,6-7H2,(H,8,9);1H3. The molecule has 24 heavy (non-hydrogen) atoms. The normalized spacial score (nSPS) is 10.5. The van der Waals surface area contributed by atoms with E-state index in [2.05, 4.69) is 5.32 Å². The number of aliphatic carboxylic acids is 1. The minimum absolute atomic E-state index is 0. The maximum atomic E-state index is 11.2. The van der Waals surface area contributed by atoms with E-state index >= 15 is 0 Å². The lowest BCUT2D eigenvalue weighted by Crippen LogP contribution is -2.30. The van der Waals surface area contributed by atoms with Gasteiger partial charge in [-0.3, -0.25) is 14.4 Å². The number of anilines is 1. The Hall–Kier alpha value is -2.29. The summed E-state index contributed by atoms with van der Waals surface area (Å²) in [6, 6.07) is 6.05. The van der Waals surface area contributed by atoms with Crippen molar-refractivity contribution in [3.63, 3.8) is 0 Å². The molecule has 136 valence electrons. The van der Waals surface area contributed by atoms with Gasteiger partial charge in [-0.25, -0.2) is 0 Å². The molecule has 0 aliphatic rings. The number of carboxylic acids is 1. The van der Waals surface area contributed by atoms with E-state index in [4.69, 9.17) is 16.6 Å². The summed E-state index contributed by atoms with van der Waals surface area (Å²) in [5, 5.41) is 11.0. The molecule has 1 rings (SSSR count). The fourth-order valence-corrected chi connectivity index (χ4v) is 1.56. The van der Waals surface area contributed by atoms with Crippen LogP contribution in [0.1, 0.15) is 43.0 Å². The molecular formula is C16H28N4O4. The van der Waals surface area contributed by atoms with Crippen LogP contribution in [0.5, 0.6) is 0 Å². The van der Waals surface area contributed by atoms with Crippen molar-refractivity contribution in [3.8, 4) is 0 Å². The average Bonchev–Trinajstić information content (AvgIpc) is 2.54. The zero-order chi connectivity index (χ0) is 17.7. The van der Waals surface area contributed by atoms with Gasteiger partial charge in [0.1, 0.15) is 12.3 Å². The van der Waals surface area contributed by atoms with E-state index in [1.165, 1.54) is 0 Å². The number of aldehydes is 1. The first kappa shape index (κ1) is 24.0. The summed E-state index contributed by atoms with van der Waals surface area (Å²) in [4.78, 5) is 31.6. The van der Waals surface area contributed by atoms with Gasteiger partial charge in [0.15, 0.2) is 0 Å². The van der Waals surface area contributed by atoms with Gasteiger partial charge in [0, 0.05) is 17.7 Å². The first-order valence-electron chi connectivity index (χ1n) is 7.48. The average molecular weight is 340 g/mol. The Balaban J connectivity index is 0. The summed E-state index contributed by atoms with van der Waals surface area (Å²) in [5.74, 6) is -0.949. The Bertz CT molecular complexity index is 491. The largest absolute Gasteiger partial charge is 0.480 e. The first-order chi connectivity index (χ1) is 10.9. The lowest BCUT2D eigenvalue weighted by molar-refractivity contribution is -0.138. The Kier molecular flexibility index (Phi) is 14.3. The van der Waals surface area contributed by atoms with Gasteiger partial charge in [-0.05, 0) is 50.1 Å². The van der Waals surface area contributed by atoms with Crippen molar-refractivity contribution in [3.05, 3.63) is 29.8 Å². The van der Waals surface area contributed by atoms with Gasteiger partial charge in [0.05, 0.1) is 0 Å². The molecule has 1 aromatic rings. The number of hydrogen-bond acceptors (Lipinski definition) is 6. The third-order valence-electron chi connectivity index (χ3n) is 2.84. The molecule has 9 N–H and O–H groups in total. The Labute approximate surface area is 142 Å². The molecule has 0 radical (unpaired) electrons. The lowest BCUT2D eigenvalue weighted by atomic mass is 10.2. The van der Waals surface area contributed by atoms with Crippen LogP contribution in [-0.2, 0) is 9.59 Å². The molecule has 0 aromatic heterocycles. The molecule has 1 unspecified atom stereocenters. The van der Waals surface area contributed by atoms with Gasteiger partial charge in [0.25, 0.3) is 0 Å². The number of carboxylic acid groups (broad SMARTS) is 1. The quantitative estimate of drug-likeness (QED) is 0.446. The molecule has 0 saturated heterocycles. The van der Waals surface area contributed by atoms with E-state index in [1.807, 2.05) is 6.92 Å². The number of nitrogens with two attached hydrogens (primary N) is 2. The van der Waals surface area contributed by atoms with E-state index in [0.29, 0.717) is 31.4 Å². The summed E-state index contributed by atoms with van der Waals surface area (Å²) in [5.41, 5.74) is 11.6. The van der Waals surface area contributed by atoms with E-state index < -0.39 is 12.0 Å². The van der Waals surface area contributed by atoms with Crippen molar-refractivity contribution in [2.75, 3.05) is 11.9 Å². The van der Waals surface area contributed by atoms with E-state index in [9.17, 15) is 14.4 Å². The van der Waals surface area contributed by atoms with Crippen LogP contribution >= 0.6 is 0 Å². The molecule has 0 heterocycles. The van der Waals surface area contributed by atoms with Crippen LogP contribution in [0.2, 0.25) is 0 Å². The summed E-state index contributed by atoms with van der Waals surface area (Å²) < 4.78 is 0. The fourth-order valence-electron chi connectivity index (χ4n) is 1.56. The molecule has 0 fully saturated rings. The molecule has 0 aliphatic heterocycles. The van der Waals surface area contributed by atoms with Crippen molar-refractivity contribution in [2.24, 2.45) is 11.5 Å². The lowest BCUT2D eigenvalue weighted by Gasteiger charge is -2.03. The highest BCUT2D eigenvalue weighted by Gasteiger charge is 2.08. The Morgan fingerprint density at radius 3 is 2.29 bits per heavy atom. The molecule has 1 aromatic carbocycles. The predicted octanol–water partition coefficient (Wildman–Crippen LogP) is 1.54. The fraction of sp³-hybridized carbons (Fsp3) is 0.438. The summed E-state index contributed by atoms with van der Waals surface area (Å²) in [6.45, 7) is 2.45. The van der Waals surface area contributed by atoms with E-state index in [-0.39, 0.29) is 12.1 Å². The Morgan fingerprint density at radius 2 is 1.88 bits per heavy atom. The van der Waals surface area contributed by atoms with Gasteiger partial charge >= 0.3 is 5.97 Å². The van der Waals surface area contributed by atoms with Gasteiger partial charge in [0.2, 0.25) is 5.91 Å². The van der Waals surface area contributed by atoms with Crippen molar-refractivity contribution in [1.29, 1.82) is 0 Å². The van der Waals surface area contributed by atoms with Gasteiger partial charge < -0.3 is 28.0 Å². The zero-order valence-corrected chi connectivity index (χ0v) is 14.0. The highest BCUT2D eigenvalue weighted by molar-refractivity contribution is 5.91. The second-order valence-electron chi connectivity index (χ2n) is 4.91. The maximum Gasteiger partial charge on any atom is 0.320 e. The number of amides is 1. The van der Waals surface area contributed by atoms with Gasteiger partial charge in [-0.1, -0.05) is 6.92 Å². The summed E-state index contributed by atoms with van der Waals surface area (Å²) in [7, 11) is 0. The van der Waals surface area contributed by atoms with E-state index in [1.54, 1.807) is 24.3 Å². The SMILES string of the molecule is CCCC(=O)Nc1ccc(C=O)cc1.N.NCCCC(N)C(=O)O. The number of rotatable bonds is 8. The minimum Gasteiger partial charge on any atom is -0.480 e. The second-order valence-corrected chi connectivity index (χ2v) is 4.91. The number of hydrogen-bond donors (Lipinski definition) is 5. The maximum absolute atomic E-state index is 11.2. The molecule has 8 heteroatoms. The zero-order valence-electron chi connectivity index (χ0n) is 14.0. The molecule has 8 nitrogen and oxygen atoms in total. The molecule has 1 amide bonds. The Morgan fingerprint density at radius 1 is 1.29 bits per heavy atom. The molecule has 0 bridgehead atoms. The van der Waals surface area contributed by atoms with Gasteiger partial charge in [-0.15, -0.1) is 0 Å². The van der Waals surface area contributed by atoms with Crippen molar-refractivity contribution in [1.82, 2.24) is 6.15 Å². The van der Waals surface area contributed by atoms with Crippen molar-refractivity contribution < 1.29 is 19.5 Å². The summed E-state index contributed by atoms with van der Waals surface area (Å²) in [6.07, 6.45) is 3.27. The molecule has 0 aliphatic carbocycles. The van der Waals surface area contributed by atoms with Crippen LogP contribution in [0.4, 0.5) is 5.69 Å². The van der Waals surface area contributed by atoms with Crippen LogP contribution < -0.4 is 22.9 Å². The third kappa shape index (κ3) is 11.3. The third-order valence-corrected chi connectivity index (χ3v) is 2.84. The number of benzene rings is 1. The highest BCUT2D eigenvalue weighted by Crippen LogP contribution is 2.08. The van der Waals surface area contributed by atoms with Crippen LogP contribution in [0.25, 0.3) is 0 Å². The smallest absolute Gasteiger partial charge is 0.320 e. The van der Waals surface area contributed by atoms with Crippen LogP contribution in [0.15, 0.2) is 24.3 Å².